The molecule has 0 saturated heterocycles. The minimum atomic E-state index is -1.15. The highest BCUT2D eigenvalue weighted by molar-refractivity contribution is 5.97. The van der Waals surface area contributed by atoms with Crippen molar-refractivity contribution in [3.8, 4) is 0 Å². The fourth-order valence-corrected chi connectivity index (χ4v) is 1.88. The third kappa shape index (κ3) is 2.77. The number of carbonyl (C=O) groups is 1. The molecular formula is C12H16N2O4. The lowest BCUT2D eigenvalue weighted by atomic mass is 10.1. The summed E-state index contributed by atoms with van der Waals surface area (Å²) in [5.74, 6) is -1.15. The molecule has 1 aromatic carbocycles. The minimum Gasteiger partial charge on any atom is -0.478 e. The van der Waals surface area contributed by atoms with E-state index in [2.05, 4.69) is 0 Å². The highest BCUT2D eigenvalue weighted by Crippen LogP contribution is 2.32. The van der Waals surface area contributed by atoms with Gasteiger partial charge in [-0.15, -0.1) is 0 Å². The van der Waals surface area contributed by atoms with E-state index in [1.54, 1.807) is 4.90 Å². The molecule has 0 unspecified atom stereocenters. The van der Waals surface area contributed by atoms with E-state index in [1.165, 1.54) is 18.2 Å². The van der Waals surface area contributed by atoms with Gasteiger partial charge in [0.15, 0.2) is 0 Å². The maximum absolute atomic E-state index is 11.2. The number of hydrogen-bond acceptors (Lipinski definition) is 4. The van der Waals surface area contributed by atoms with Gasteiger partial charge in [0.1, 0.15) is 5.69 Å². The number of nitrogens with zero attached hydrogens (tertiary/aromatic N) is 2. The predicted molar refractivity (Wildman–Crippen MR) is 68.2 cm³/mol. The quantitative estimate of drug-likeness (QED) is 0.621. The number of rotatable bonds is 6. The molecule has 0 atom stereocenters. The molecule has 18 heavy (non-hydrogen) atoms. The van der Waals surface area contributed by atoms with Crippen LogP contribution in [-0.4, -0.2) is 29.1 Å². The largest absolute Gasteiger partial charge is 0.478 e. The summed E-state index contributed by atoms with van der Waals surface area (Å²) < 4.78 is 0. The molecule has 1 aromatic rings. The van der Waals surface area contributed by atoms with Crippen molar-refractivity contribution in [1.82, 2.24) is 0 Å². The molecule has 0 bridgehead atoms. The molecule has 98 valence electrons. The zero-order valence-electron chi connectivity index (χ0n) is 10.4. The molecule has 0 amide bonds. The molecule has 6 nitrogen and oxygen atoms in total. The number of aromatic carboxylic acids is 1. The Morgan fingerprint density at radius 2 is 2.11 bits per heavy atom. The van der Waals surface area contributed by atoms with Crippen molar-refractivity contribution in [1.29, 1.82) is 0 Å². The van der Waals surface area contributed by atoms with E-state index in [0.717, 1.165) is 6.42 Å². The molecule has 0 spiro atoms. The van der Waals surface area contributed by atoms with E-state index in [1.807, 2.05) is 13.8 Å². The van der Waals surface area contributed by atoms with E-state index < -0.39 is 10.9 Å². The number of hydrogen-bond donors (Lipinski definition) is 1. The second kappa shape index (κ2) is 6.00. The van der Waals surface area contributed by atoms with E-state index in [4.69, 9.17) is 5.11 Å². The van der Waals surface area contributed by atoms with Crippen LogP contribution in [0.5, 0.6) is 0 Å². The van der Waals surface area contributed by atoms with Gasteiger partial charge in [-0.25, -0.2) is 4.79 Å². The Hall–Kier alpha value is -2.11. The van der Waals surface area contributed by atoms with Crippen LogP contribution in [0.15, 0.2) is 18.2 Å². The summed E-state index contributed by atoms with van der Waals surface area (Å²) in [4.78, 5) is 23.4. The van der Waals surface area contributed by atoms with Crippen LogP contribution in [0.25, 0.3) is 0 Å². The van der Waals surface area contributed by atoms with Gasteiger partial charge in [-0.2, -0.15) is 0 Å². The summed E-state index contributed by atoms with van der Waals surface area (Å²) in [6.45, 7) is 4.90. The second-order valence-corrected chi connectivity index (χ2v) is 3.82. The molecule has 0 aliphatic rings. The standard InChI is InChI=1S/C12H16N2O4/c1-3-8-13(4-2)11-9(12(15)16)6-5-7-10(11)14(17)18/h5-7H,3-4,8H2,1-2H3,(H,15,16). The van der Waals surface area contributed by atoms with Crippen LogP contribution >= 0.6 is 0 Å². The van der Waals surface area contributed by atoms with Crippen LogP contribution < -0.4 is 4.90 Å². The number of anilines is 1. The predicted octanol–water partition coefficient (Wildman–Crippen LogP) is 2.53. The molecule has 0 aliphatic carbocycles. The number of nitro benzene ring substituents is 1. The summed E-state index contributed by atoms with van der Waals surface area (Å²) in [6, 6.07) is 4.12. The van der Waals surface area contributed by atoms with Gasteiger partial charge in [-0.05, 0) is 19.4 Å². The molecule has 1 rings (SSSR count). The van der Waals surface area contributed by atoms with Gasteiger partial charge >= 0.3 is 5.97 Å². The maximum atomic E-state index is 11.2. The fourth-order valence-electron chi connectivity index (χ4n) is 1.88. The topological polar surface area (TPSA) is 83.7 Å². The van der Waals surface area contributed by atoms with E-state index >= 15 is 0 Å². The summed E-state index contributed by atoms with van der Waals surface area (Å²) in [5, 5.41) is 20.1. The van der Waals surface area contributed by atoms with Crippen molar-refractivity contribution in [3.63, 3.8) is 0 Å². The molecule has 0 heterocycles. The van der Waals surface area contributed by atoms with Gasteiger partial charge in [0.2, 0.25) is 0 Å². The SMILES string of the molecule is CCCN(CC)c1c(C(=O)O)cccc1[N+](=O)[O-]. The summed E-state index contributed by atoms with van der Waals surface area (Å²) in [5.41, 5.74) is 0.00375. The van der Waals surface area contributed by atoms with Crippen LogP contribution in [0, 0.1) is 10.1 Å². The Labute approximate surface area is 105 Å². The number of carboxylic acids is 1. The Kier molecular flexibility index (Phi) is 4.65. The van der Waals surface area contributed by atoms with Gasteiger partial charge in [0.05, 0.1) is 10.5 Å². The molecule has 0 saturated carbocycles. The zero-order chi connectivity index (χ0) is 13.7. The highest BCUT2D eigenvalue weighted by atomic mass is 16.6. The fraction of sp³-hybridized carbons (Fsp3) is 0.417. The van der Waals surface area contributed by atoms with Crippen LogP contribution in [-0.2, 0) is 0 Å². The van der Waals surface area contributed by atoms with Crippen molar-refractivity contribution in [2.75, 3.05) is 18.0 Å². The lowest BCUT2D eigenvalue weighted by Gasteiger charge is -2.23. The monoisotopic (exact) mass is 252 g/mol. The first-order chi connectivity index (χ1) is 8.52. The van der Waals surface area contributed by atoms with Gasteiger partial charge in [0.25, 0.3) is 5.69 Å². The average molecular weight is 252 g/mol. The highest BCUT2D eigenvalue weighted by Gasteiger charge is 2.24. The smallest absolute Gasteiger partial charge is 0.338 e. The normalized spacial score (nSPS) is 10.1. The van der Waals surface area contributed by atoms with Crippen molar-refractivity contribution in [2.45, 2.75) is 20.3 Å². The van der Waals surface area contributed by atoms with Crippen LogP contribution in [0.4, 0.5) is 11.4 Å². The van der Waals surface area contributed by atoms with Gasteiger partial charge in [0, 0.05) is 19.2 Å². The molecule has 1 N–H and O–H groups in total. The van der Waals surface area contributed by atoms with Crippen LogP contribution in [0.2, 0.25) is 0 Å². The van der Waals surface area contributed by atoms with Crippen molar-refractivity contribution >= 4 is 17.3 Å². The first-order valence-corrected chi connectivity index (χ1v) is 5.78. The number of nitro groups is 1. The molecule has 6 heteroatoms. The Bertz CT molecular complexity index is 427. The van der Waals surface area contributed by atoms with E-state index in [-0.39, 0.29) is 16.9 Å². The summed E-state index contributed by atoms with van der Waals surface area (Å²) in [7, 11) is 0. The van der Waals surface area contributed by atoms with Crippen LogP contribution in [0.3, 0.4) is 0 Å². The average Bonchev–Trinajstić information content (AvgIpc) is 2.34. The minimum absolute atomic E-state index is 0.0282. The van der Waals surface area contributed by atoms with E-state index in [0.29, 0.717) is 13.1 Å². The first-order valence-electron chi connectivity index (χ1n) is 5.78. The lowest BCUT2D eigenvalue weighted by Crippen LogP contribution is -2.26. The third-order valence-electron chi connectivity index (χ3n) is 2.63. The lowest BCUT2D eigenvalue weighted by molar-refractivity contribution is -0.384. The second-order valence-electron chi connectivity index (χ2n) is 3.82. The third-order valence-corrected chi connectivity index (χ3v) is 2.63. The number of para-hydroxylation sites is 1. The summed E-state index contributed by atoms with van der Waals surface area (Å²) >= 11 is 0. The Morgan fingerprint density at radius 1 is 1.44 bits per heavy atom. The first kappa shape index (κ1) is 14.0. The molecular weight excluding hydrogens is 236 g/mol. The van der Waals surface area contributed by atoms with Crippen molar-refractivity contribution in [3.05, 3.63) is 33.9 Å². The van der Waals surface area contributed by atoms with Crippen molar-refractivity contribution in [2.24, 2.45) is 0 Å². The molecule has 0 aliphatic heterocycles. The van der Waals surface area contributed by atoms with Gasteiger partial charge < -0.3 is 10.0 Å². The number of benzene rings is 1. The maximum Gasteiger partial charge on any atom is 0.338 e. The van der Waals surface area contributed by atoms with Gasteiger partial charge in [-0.3, -0.25) is 10.1 Å². The molecule has 0 radical (unpaired) electrons. The zero-order valence-corrected chi connectivity index (χ0v) is 10.4. The number of carboxylic acid groups (broad SMARTS) is 1. The van der Waals surface area contributed by atoms with E-state index in [9.17, 15) is 14.9 Å². The molecule has 0 fully saturated rings. The van der Waals surface area contributed by atoms with Gasteiger partial charge in [-0.1, -0.05) is 13.0 Å². The van der Waals surface area contributed by atoms with Crippen molar-refractivity contribution < 1.29 is 14.8 Å². The summed E-state index contributed by atoms with van der Waals surface area (Å²) in [6.07, 6.45) is 0.791. The molecule has 0 aromatic heterocycles. The van der Waals surface area contributed by atoms with Crippen LogP contribution in [0.1, 0.15) is 30.6 Å². The Morgan fingerprint density at radius 3 is 2.56 bits per heavy atom. The Balaban J connectivity index is 3.42.